The zero-order valence-corrected chi connectivity index (χ0v) is 14.0. The Morgan fingerprint density at radius 2 is 2.04 bits per heavy atom. The van der Waals surface area contributed by atoms with Crippen molar-refractivity contribution in [2.24, 2.45) is 11.8 Å². The predicted molar refractivity (Wildman–Crippen MR) is 84.3 cm³/mol. The summed E-state index contributed by atoms with van der Waals surface area (Å²) in [5.41, 5.74) is 0.380. The van der Waals surface area contributed by atoms with Crippen molar-refractivity contribution in [3.8, 4) is 0 Å². The summed E-state index contributed by atoms with van der Waals surface area (Å²) in [4.78, 5) is 18.0. The minimum atomic E-state index is -0.454. The largest absolute Gasteiger partial charge is 0.444 e. The van der Waals surface area contributed by atoms with Crippen LogP contribution in [0.25, 0.3) is 0 Å². The lowest BCUT2D eigenvalue weighted by molar-refractivity contribution is 0.0268. The average molecular weight is 321 g/mol. The number of amides is 1. The number of pyridine rings is 1. The molecule has 2 heterocycles. The van der Waals surface area contributed by atoms with Gasteiger partial charge < -0.3 is 15.0 Å². The molecule has 2 fully saturated rings. The van der Waals surface area contributed by atoms with Gasteiger partial charge in [0, 0.05) is 25.2 Å². The van der Waals surface area contributed by atoms with E-state index in [4.69, 9.17) is 4.74 Å². The maximum atomic E-state index is 12.9. The van der Waals surface area contributed by atoms with Gasteiger partial charge in [0.15, 0.2) is 0 Å². The molecule has 3 rings (SSSR count). The quantitative estimate of drug-likeness (QED) is 0.930. The number of fused-ring (bicyclic) bond motifs is 1. The monoisotopic (exact) mass is 321 g/mol. The van der Waals surface area contributed by atoms with Crippen molar-refractivity contribution in [3.05, 3.63) is 29.8 Å². The Bertz CT molecular complexity index is 572. The summed E-state index contributed by atoms with van der Waals surface area (Å²) in [7, 11) is 0. The SMILES string of the molecule is CC(NC1C2CN(C(=O)OC(C)(C)C)CC21)c1ccc(F)cn1. The molecule has 6 heteroatoms. The third-order valence-corrected chi connectivity index (χ3v) is 4.48. The number of hydrogen-bond donors (Lipinski definition) is 1. The standard InChI is InChI=1S/C17H24FN3O2/c1-10(14-6-5-11(18)7-19-14)20-15-12-8-21(9-13(12)15)16(22)23-17(2,3)4/h5-7,10,12-13,15,20H,8-9H2,1-4H3. The van der Waals surface area contributed by atoms with Gasteiger partial charge in [-0.1, -0.05) is 0 Å². The molecule has 1 saturated heterocycles. The molecule has 3 atom stereocenters. The molecule has 3 unspecified atom stereocenters. The molecule has 126 valence electrons. The molecular weight excluding hydrogens is 297 g/mol. The number of halogens is 1. The van der Waals surface area contributed by atoms with Crippen LogP contribution in [0.2, 0.25) is 0 Å². The normalized spacial score (nSPS) is 27.5. The second-order valence-corrected chi connectivity index (χ2v) is 7.53. The molecule has 1 N–H and O–H groups in total. The maximum absolute atomic E-state index is 12.9. The molecule has 0 bridgehead atoms. The number of nitrogens with zero attached hydrogens (tertiary/aromatic N) is 2. The highest BCUT2D eigenvalue weighted by molar-refractivity contribution is 5.69. The number of likely N-dealkylation sites (tertiary alicyclic amines) is 1. The fourth-order valence-corrected chi connectivity index (χ4v) is 3.27. The van der Waals surface area contributed by atoms with Crippen LogP contribution in [0.5, 0.6) is 0 Å². The highest BCUT2D eigenvalue weighted by atomic mass is 19.1. The van der Waals surface area contributed by atoms with Crippen LogP contribution in [0.4, 0.5) is 9.18 Å². The maximum Gasteiger partial charge on any atom is 0.410 e. The lowest BCUT2D eigenvalue weighted by atomic mass is 10.2. The minimum Gasteiger partial charge on any atom is -0.444 e. The fraction of sp³-hybridized carbons (Fsp3) is 0.647. The van der Waals surface area contributed by atoms with E-state index in [1.807, 2.05) is 27.7 Å². The van der Waals surface area contributed by atoms with Crippen molar-refractivity contribution < 1.29 is 13.9 Å². The first-order valence-corrected chi connectivity index (χ1v) is 8.10. The molecule has 1 aliphatic carbocycles. The van der Waals surface area contributed by atoms with Crippen LogP contribution < -0.4 is 5.32 Å². The van der Waals surface area contributed by atoms with Gasteiger partial charge in [0.05, 0.1) is 11.9 Å². The van der Waals surface area contributed by atoms with Crippen molar-refractivity contribution in [2.45, 2.75) is 45.4 Å². The minimum absolute atomic E-state index is 0.0705. The summed E-state index contributed by atoms with van der Waals surface area (Å²) in [5, 5.41) is 3.54. The lowest BCUT2D eigenvalue weighted by Crippen LogP contribution is -2.39. The third kappa shape index (κ3) is 3.63. The van der Waals surface area contributed by atoms with Gasteiger partial charge >= 0.3 is 6.09 Å². The highest BCUT2D eigenvalue weighted by Crippen LogP contribution is 2.46. The van der Waals surface area contributed by atoms with E-state index in [2.05, 4.69) is 10.3 Å². The molecule has 1 aromatic rings. The van der Waals surface area contributed by atoms with Gasteiger partial charge in [0.1, 0.15) is 11.4 Å². The lowest BCUT2D eigenvalue weighted by Gasteiger charge is -2.26. The number of hydrogen-bond acceptors (Lipinski definition) is 4. The molecule has 0 spiro atoms. The van der Waals surface area contributed by atoms with Crippen LogP contribution in [0.1, 0.15) is 39.4 Å². The van der Waals surface area contributed by atoms with E-state index in [1.54, 1.807) is 11.0 Å². The number of rotatable bonds is 3. The van der Waals surface area contributed by atoms with E-state index in [1.165, 1.54) is 12.3 Å². The van der Waals surface area contributed by atoms with E-state index < -0.39 is 5.60 Å². The molecular formula is C17H24FN3O2. The number of aromatic nitrogens is 1. The van der Waals surface area contributed by atoms with E-state index >= 15 is 0 Å². The fourth-order valence-electron chi connectivity index (χ4n) is 3.27. The number of nitrogens with one attached hydrogen (secondary N) is 1. The molecule has 5 nitrogen and oxygen atoms in total. The molecule has 23 heavy (non-hydrogen) atoms. The second-order valence-electron chi connectivity index (χ2n) is 7.53. The van der Waals surface area contributed by atoms with Gasteiger partial charge in [-0.2, -0.15) is 0 Å². The van der Waals surface area contributed by atoms with Gasteiger partial charge in [-0.25, -0.2) is 9.18 Å². The molecule has 1 saturated carbocycles. The van der Waals surface area contributed by atoms with Crippen molar-refractivity contribution >= 4 is 6.09 Å². The van der Waals surface area contributed by atoms with Gasteiger partial charge in [-0.15, -0.1) is 0 Å². The third-order valence-electron chi connectivity index (χ3n) is 4.48. The van der Waals surface area contributed by atoms with Crippen LogP contribution in [-0.4, -0.2) is 40.7 Å². The van der Waals surface area contributed by atoms with E-state index in [0.717, 1.165) is 18.8 Å². The number of ether oxygens (including phenoxy) is 1. The smallest absolute Gasteiger partial charge is 0.410 e. The first-order valence-electron chi connectivity index (χ1n) is 8.10. The van der Waals surface area contributed by atoms with Crippen molar-refractivity contribution in [3.63, 3.8) is 0 Å². The Morgan fingerprint density at radius 3 is 2.57 bits per heavy atom. The molecule has 1 aliphatic heterocycles. The Kier molecular flexibility index (Phi) is 4.04. The molecule has 0 radical (unpaired) electrons. The van der Waals surface area contributed by atoms with Gasteiger partial charge in [0.2, 0.25) is 0 Å². The average Bonchev–Trinajstić information content (AvgIpc) is 2.90. The predicted octanol–water partition coefficient (Wildman–Crippen LogP) is 2.74. The van der Waals surface area contributed by atoms with Gasteiger partial charge in [0.25, 0.3) is 0 Å². The summed E-state index contributed by atoms with van der Waals surface area (Å²) in [5.74, 6) is 0.632. The first-order chi connectivity index (χ1) is 10.7. The number of carbonyl (C=O) groups excluding carboxylic acids is 1. The summed E-state index contributed by atoms with van der Waals surface area (Å²) < 4.78 is 18.3. The molecule has 0 aromatic carbocycles. The van der Waals surface area contributed by atoms with Crippen LogP contribution >= 0.6 is 0 Å². The van der Waals surface area contributed by atoms with E-state index in [9.17, 15) is 9.18 Å². The van der Waals surface area contributed by atoms with Crippen molar-refractivity contribution in [1.82, 2.24) is 15.2 Å². The Labute approximate surface area is 136 Å². The summed E-state index contributed by atoms with van der Waals surface area (Å²) in [6.45, 7) is 9.14. The topological polar surface area (TPSA) is 54.5 Å². The number of carbonyl (C=O) groups is 1. The van der Waals surface area contributed by atoms with Crippen LogP contribution in [0, 0.1) is 17.7 Å². The Morgan fingerprint density at radius 1 is 1.39 bits per heavy atom. The molecule has 1 amide bonds. The molecule has 1 aromatic heterocycles. The van der Waals surface area contributed by atoms with Crippen molar-refractivity contribution in [2.75, 3.05) is 13.1 Å². The first kappa shape index (κ1) is 16.2. The van der Waals surface area contributed by atoms with E-state index in [0.29, 0.717) is 17.9 Å². The van der Waals surface area contributed by atoms with Crippen molar-refractivity contribution in [1.29, 1.82) is 0 Å². The second kappa shape index (κ2) is 5.74. The van der Waals surface area contributed by atoms with Gasteiger partial charge in [-0.05, 0) is 51.7 Å². The summed E-state index contributed by atoms with van der Waals surface area (Å²) in [6, 6.07) is 3.60. The van der Waals surface area contributed by atoms with Gasteiger partial charge in [-0.3, -0.25) is 4.98 Å². The Balaban J connectivity index is 1.48. The summed E-state index contributed by atoms with van der Waals surface area (Å²) >= 11 is 0. The Hall–Kier alpha value is -1.69. The number of piperidine rings is 1. The highest BCUT2D eigenvalue weighted by Gasteiger charge is 2.57. The summed E-state index contributed by atoms with van der Waals surface area (Å²) in [6.07, 6.45) is 1.02. The van der Waals surface area contributed by atoms with Crippen LogP contribution in [-0.2, 0) is 4.74 Å². The zero-order chi connectivity index (χ0) is 16.8. The van der Waals surface area contributed by atoms with Crippen LogP contribution in [0.15, 0.2) is 18.3 Å². The molecule has 2 aliphatic rings. The van der Waals surface area contributed by atoms with Crippen LogP contribution in [0.3, 0.4) is 0 Å². The van der Waals surface area contributed by atoms with E-state index in [-0.39, 0.29) is 18.0 Å². The zero-order valence-electron chi connectivity index (χ0n) is 14.0.